The molecular formula is C24H29N3O5S2. The molecule has 3 aromatic rings. The fraction of sp³-hybridized carbons (Fsp3) is 0.417. The Balaban J connectivity index is 1.46. The van der Waals surface area contributed by atoms with Crippen molar-refractivity contribution in [1.82, 2.24) is 8.87 Å². The number of ether oxygens (including phenoxy) is 1. The number of piperidine rings is 1. The summed E-state index contributed by atoms with van der Waals surface area (Å²) in [5.41, 5.74) is 2.38. The number of sulfonamides is 1. The monoisotopic (exact) mass is 503 g/mol. The molecule has 182 valence electrons. The van der Waals surface area contributed by atoms with Gasteiger partial charge in [0.15, 0.2) is 0 Å². The molecule has 8 nitrogen and oxygen atoms in total. The molecule has 1 fully saturated rings. The fourth-order valence-corrected chi connectivity index (χ4v) is 6.83. The second-order valence-corrected chi connectivity index (χ2v) is 11.5. The van der Waals surface area contributed by atoms with Crippen LogP contribution >= 0.6 is 11.3 Å². The summed E-state index contributed by atoms with van der Waals surface area (Å²) in [5.74, 6) is 0.168. The summed E-state index contributed by atoms with van der Waals surface area (Å²) in [6.07, 6.45) is 1.69. The molecule has 0 atom stereocenters. The van der Waals surface area contributed by atoms with Crippen molar-refractivity contribution in [3.63, 3.8) is 0 Å². The minimum absolute atomic E-state index is 0.0801. The number of hydrogen-bond donors (Lipinski definition) is 1. The SMILES string of the molecule is CCCn1c(=O)sc2cc(S(=O)(=O)N3CCC(C(=O)Nc4cc(C)ccc4OC)CC3)ccc21. The van der Waals surface area contributed by atoms with E-state index in [0.717, 1.165) is 28.8 Å². The van der Waals surface area contributed by atoms with E-state index in [9.17, 15) is 18.0 Å². The van der Waals surface area contributed by atoms with E-state index in [1.54, 1.807) is 29.9 Å². The average molecular weight is 504 g/mol. The molecule has 2 aromatic carbocycles. The van der Waals surface area contributed by atoms with Crippen LogP contribution in [-0.2, 0) is 21.4 Å². The van der Waals surface area contributed by atoms with Crippen LogP contribution in [0.15, 0.2) is 46.1 Å². The predicted molar refractivity (Wildman–Crippen MR) is 134 cm³/mol. The lowest BCUT2D eigenvalue weighted by Gasteiger charge is -2.30. The Hall–Kier alpha value is -2.69. The van der Waals surface area contributed by atoms with Crippen LogP contribution in [-0.4, -0.2) is 43.4 Å². The molecule has 1 amide bonds. The molecule has 0 spiro atoms. The molecule has 1 aliphatic heterocycles. The van der Waals surface area contributed by atoms with E-state index in [1.807, 2.05) is 32.0 Å². The quantitative estimate of drug-likeness (QED) is 0.529. The Morgan fingerprint density at radius 1 is 1.18 bits per heavy atom. The second kappa shape index (κ2) is 9.89. The number of benzene rings is 2. The van der Waals surface area contributed by atoms with Crippen molar-refractivity contribution >= 4 is 43.2 Å². The molecular weight excluding hydrogens is 474 g/mol. The van der Waals surface area contributed by atoms with Gasteiger partial charge in [0, 0.05) is 25.6 Å². The van der Waals surface area contributed by atoms with Gasteiger partial charge in [0.2, 0.25) is 15.9 Å². The molecule has 0 bridgehead atoms. The van der Waals surface area contributed by atoms with Gasteiger partial charge in [-0.15, -0.1) is 0 Å². The molecule has 1 aromatic heterocycles. The standard InChI is InChI=1S/C24H29N3O5S2/c1-4-11-27-20-7-6-18(15-22(20)33-24(27)29)34(30,31)26-12-9-17(10-13-26)23(28)25-19-14-16(2)5-8-21(19)32-3/h5-8,14-15,17H,4,9-13H2,1-3H3,(H,25,28). The van der Waals surface area contributed by atoms with Gasteiger partial charge in [-0.25, -0.2) is 8.42 Å². The topological polar surface area (TPSA) is 97.7 Å². The molecule has 1 aliphatic rings. The summed E-state index contributed by atoms with van der Waals surface area (Å²) in [7, 11) is -2.16. The maximum absolute atomic E-state index is 13.3. The fourth-order valence-electron chi connectivity index (χ4n) is 4.30. The summed E-state index contributed by atoms with van der Waals surface area (Å²) < 4.78 is 35.6. The van der Waals surface area contributed by atoms with Gasteiger partial charge in [0.25, 0.3) is 0 Å². The summed E-state index contributed by atoms with van der Waals surface area (Å²) in [6, 6.07) is 10.4. The number of aryl methyl sites for hydroxylation is 2. The van der Waals surface area contributed by atoms with E-state index in [1.165, 1.54) is 4.31 Å². The molecule has 1 saturated heterocycles. The number of nitrogens with zero attached hydrogens (tertiary/aromatic N) is 2. The van der Waals surface area contributed by atoms with E-state index in [2.05, 4.69) is 5.32 Å². The zero-order chi connectivity index (χ0) is 24.5. The van der Waals surface area contributed by atoms with Crippen molar-refractivity contribution in [2.75, 3.05) is 25.5 Å². The highest BCUT2D eigenvalue weighted by Crippen LogP contribution is 2.30. The first kappa shape index (κ1) is 24.4. The van der Waals surface area contributed by atoms with Gasteiger partial charge in [0.05, 0.1) is 27.9 Å². The maximum atomic E-state index is 13.3. The van der Waals surface area contributed by atoms with E-state index in [0.29, 0.717) is 35.5 Å². The van der Waals surface area contributed by atoms with Crippen LogP contribution < -0.4 is 14.9 Å². The number of fused-ring (bicyclic) bond motifs is 1. The highest BCUT2D eigenvalue weighted by Gasteiger charge is 2.32. The first-order chi connectivity index (χ1) is 16.2. The number of carbonyl (C=O) groups excluding carboxylic acids is 1. The first-order valence-electron chi connectivity index (χ1n) is 11.3. The molecule has 1 N–H and O–H groups in total. The number of aromatic nitrogens is 1. The van der Waals surface area contributed by atoms with Gasteiger partial charge in [-0.1, -0.05) is 24.3 Å². The van der Waals surface area contributed by atoms with E-state index >= 15 is 0 Å². The van der Waals surface area contributed by atoms with Crippen LogP contribution in [0.4, 0.5) is 5.69 Å². The van der Waals surface area contributed by atoms with Crippen molar-refractivity contribution in [1.29, 1.82) is 0 Å². The van der Waals surface area contributed by atoms with Gasteiger partial charge in [0.1, 0.15) is 5.75 Å². The lowest BCUT2D eigenvalue weighted by molar-refractivity contribution is -0.120. The second-order valence-electron chi connectivity index (χ2n) is 8.52. The van der Waals surface area contributed by atoms with E-state index < -0.39 is 10.0 Å². The lowest BCUT2D eigenvalue weighted by atomic mass is 9.97. The molecule has 0 radical (unpaired) electrons. The van der Waals surface area contributed by atoms with Crippen molar-refractivity contribution in [2.24, 2.45) is 5.92 Å². The summed E-state index contributed by atoms with van der Waals surface area (Å²) >= 11 is 1.07. The summed E-state index contributed by atoms with van der Waals surface area (Å²) in [5, 5.41) is 2.93. The van der Waals surface area contributed by atoms with Crippen molar-refractivity contribution in [2.45, 2.75) is 44.6 Å². The third-order valence-corrected chi connectivity index (χ3v) is 9.00. The number of rotatable bonds is 7. The molecule has 10 heteroatoms. The number of amides is 1. The molecule has 0 aliphatic carbocycles. The number of nitrogens with one attached hydrogen (secondary N) is 1. The smallest absolute Gasteiger partial charge is 0.308 e. The van der Waals surface area contributed by atoms with Crippen molar-refractivity contribution in [3.8, 4) is 5.75 Å². The van der Waals surface area contributed by atoms with Gasteiger partial charge in [-0.3, -0.25) is 14.2 Å². The Morgan fingerprint density at radius 3 is 2.59 bits per heavy atom. The maximum Gasteiger partial charge on any atom is 0.308 e. The molecule has 0 unspecified atom stereocenters. The minimum atomic E-state index is -3.72. The summed E-state index contributed by atoms with van der Waals surface area (Å²) in [4.78, 5) is 25.2. The number of thiazole rings is 1. The Morgan fingerprint density at radius 2 is 1.91 bits per heavy atom. The van der Waals surface area contributed by atoms with Crippen molar-refractivity contribution < 1.29 is 17.9 Å². The van der Waals surface area contributed by atoms with Crippen LogP contribution in [0.2, 0.25) is 0 Å². The van der Waals surface area contributed by atoms with Crippen molar-refractivity contribution in [3.05, 3.63) is 51.6 Å². The van der Waals surface area contributed by atoms with Crippen LogP contribution in [0.5, 0.6) is 5.75 Å². The normalized spacial score (nSPS) is 15.5. The van der Waals surface area contributed by atoms with Gasteiger partial charge >= 0.3 is 4.87 Å². The van der Waals surface area contributed by atoms with Gasteiger partial charge in [-0.05, 0) is 62.1 Å². The van der Waals surface area contributed by atoms with Crippen LogP contribution in [0.3, 0.4) is 0 Å². The zero-order valence-corrected chi connectivity index (χ0v) is 21.2. The zero-order valence-electron chi connectivity index (χ0n) is 19.5. The van der Waals surface area contributed by atoms with Crippen LogP contribution in [0.1, 0.15) is 31.7 Å². The molecule has 34 heavy (non-hydrogen) atoms. The minimum Gasteiger partial charge on any atom is -0.495 e. The van der Waals surface area contributed by atoms with E-state index in [4.69, 9.17) is 4.74 Å². The van der Waals surface area contributed by atoms with E-state index in [-0.39, 0.29) is 34.7 Å². The molecule has 2 heterocycles. The Bertz CT molecular complexity index is 1370. The number of carbonyl (C=O) groups is 1. The predicted octanol–water partition coefficient (Wildman–Crippen LogP) is 3.83. The largest absolute Gasteiger partial charge is 0.495 e. The summed E-state index contributed by atoms with van der Waals surface area (Å²) in [6.45, 7) is 5.06. The third kappa shape index (κ3) is 4.75. The Labute approximate surface area is 203 Å². The number of hydrogen-bond acceptors (Lipinski definition) is 6. The van der Waals surface area contributed by atoms with Gasteiger partial charge in [-0.2, -0.15) is 4.31 Å². The van der Waals surface area contributed by atoms with Crippen LogP contribution in [0, 0.1) is 12.8 Å². The highest BCUT2D eigenvalue weighted by molar-refractivity contribution is 7.89. The number of anilines is 1. The molecule has 4 rings (SSSR count). The Kier molecular flexibility index (Phi) is 7.11. The highest BCUT2D eigenvalue weighted by atomic mass is 32.2. The third-order valence-electron chi connectivity index (χ3n) is 6.16. The lowest BCUT2D eigenvalue weighted by Crippen LogP contribution is -2.41. The molecule has 0 saturated carbocycles. The van der Waals surface area contributed by atoms with Crippen LogP contribution in [0.25, 0.3) is 10.2 Å². The average Bonchev–Trinajstić information content (AvgIpc) is 3.14. The van der Waals surface area contributed by atoms with Gasteiger partial charge < -0.3 is 10.1 Å². The number of methoxy groups -OCH3 is 1. The first-order valence-corrected chi connectivity index (χ1v) is 13.6.